The van der Waals surface area contributed by atoms with E-state index in [2.05, 4.69) is 24.2 Å². The van der Waals surface area contributed by atoms with Gasteiger partial charge >= 0.3 is 0 Å². The van der Waals surface area contributed by atoms with Crippen LogP contribution in [0.4, 0.5) is 5.69 Å². The van der Waals surface area contributed by atoms with Gasteiger partial charge in [-0.25, -0.2) is 0 Å². The summed E-state index contributed by atoms with van der Waals surface area (Å²) in [7, 11) is 2.14. The summed E-state index contributed by atoms with van der Waals surface area (Å²) in [5.74, 6) is 1.36. The van der Waals surface area contributed by atoms with Gasteiger partial charge in [0.15, 0.2) is 6.10 Å². The number of rotatable bonds is 6. The first-order valence-corrected chi connectivity index (χ1v) is 9.91. The number of ether oxygens (including phenoxy) is 2. The highest BCUT2D eigenvalue weighted by molar-refractivity contribution is 5.94. The smallest absolute Gasteiger partial charge is 0.265 e. The van der Waals surface area contributed by atoms with Crippen molar-refractivity contribution < 1.29 is 14.3 Å². The van der Waals surface area contributed by atoms with Crippen molar-refractivity contribution in [3.05, 3.63) is 53.6 Å². The van der Waals surface area contributed by atoms with Gasteiger partial charge in [0.05, 0.1) is 0 Å². The highest BCUT2D eigenvalue weighted by Gasteiger charge is 2.18. The van der Waals surface area contributed by atoms with Crippen LogP contribution >= 0.6 is 0 Å². The lowest BCUT2D eigenvalue weighted by molar-refractivity contribution is -0.122. The number of carbonyl (C=O) groups is 1. The SMILES string of the molecule is Cc1ccc(O[C@H](C)C(=O)Nc2ccc(OC3CCN(C)CC3)cc2)cc1C. The third kappa shape index (κ3) is 5.49. The van der Waals surface area contributed by atoms with E-state index in [0.29, 0.717) is 5.75 Å². The number of carbonyl (C=O) groups excluding carboxylic acids is 1. The van der Waals surface area contributed by atoms with Gasteiger partial charge < -0.3 is 19.7 Å². The molecule has 2 aromatic rings. The molecule has 28 heavy (non-hydrogen) atoms. The minimum atomic E-state index is -0.586. The van der Waals surface area contributed by atoms with Crippen LogP contribution in [0.15, 0.2) is 42.5 Å². The molecule has 1 amide bonds. The Morgan fingerprint density at radius 2 is 1.68 bits per heavy atom. The second-order valence-corrected chi connectivity index (χ2v) is 7.64. The predicted molar refractivity (Wildman–Crippen MR) is 112 cm³/mol. The van der Waals surface area contributed by atoms with Crippen LogP contribution in [-0.2, 0) is 4.79 Å². The van der Waals surface area contributed by atoms with E-state index in [-0.39, 0.29) is 12.0 Å². The van der Waals surface area contributed by atoms with E-state index in [4.69, 9.17) is 9.47 Å². The summed E-state index contributed by atoms with van der Waals surface area (Å²) in [4.78, 5) is 14.7. The fraction of sp³-hybridized carbons (Fsp3) is 0.435. The molecule has 0 spiro atoms. The largest absolute Gasteiger partial charge is 0.490 e. The highest BCUT2D eigenvalue weighted by Crippen LogP contribution is 2.22. The molecule has 5 nitrogen and oxygen atoms in total. The minimum Gasteiger partial charge on any atom is -0.490 e. The molecule has 0 unspecified atom stereocenters. The summed E-state index contributed by atoms with van der Waals surface area (Å²) in [5.41, 5.74) is 3.08. The lowest BCUT2D eigenvalue weighted by Crippen LogP contribution is -2.35. The van der Waals surface area contributed by atoms with Crippen LogP contribution < -0.4 is 14.8 Å². The number of amides is 1. The summed E-state index contributed by atoms with van der Waals surface area (Å²) < 4.78 is 11.8. The summed E-state index contributed by atoms with van der Waals surface area (Å²) in [6.45, 7) is 7.97. The average molecular weight is 383 g/mol. The van der Waals surface area contributed by atoms with Crippen LogP contribution in [-0.4, -0.2) is 43.2 Å². The zero-order valence-electron chi connectivity index (χ0n) is 17.2. The Hall–Kier alpha value is -2.53. The van der Waals surface area contributed by atoms with Crippen molar-refractivity contribution in [1.82, 2.24) is 4.90 Å². The molecule has 2 aromatic carbocycles. The van der Waals surface area contributed by atoms with Crippen LogP contribution in [0, 0.1) is 13.8 Å². The Kier molecular flexibility index (Phi) is 6.57. The fourth-order valence-electron chi connectivity index (χ4n) is 3.20. The minimum absolute atomic E-state index is 0.179. The van der Waals surface area contributed by atoms with E-state index in [9.17, 15) is 4.79 Å². The Labute approximate surface area is 167 Å². The predicted octanol–water partition coefficient (Wildman–Crippen LogP) is 4.18. The Morgan fingerprint density at radius 1 is 1.04 bits per heavy atom. The van der Waals surface area contributed by atoms with E-state index >= 15 is 0 Å². The van der Waals surface area contributed by atoms with Gasteiger partial charge in [-0.2, -0.15) is 0 Å². The first kappa shape index (κ1) is 20.2. The van der Waals surface area contributed by atoms with Crippen molar-refractivity contribution in [2.24, 2.45) is 0 Å². The quantitative estimate of drug-likeness (QED) is 0.814. The number of hydrogen-bond acceptors (Lipinski definition) is 4. The van der Waals surface area contributed by atoms with Gasteiger partial charge in [-0.3, -0.25) is 4.79 Å². The summed E-state index contributed by atoms with van der Waals surface area (Å²) in [5, 5.41) is 2.90. The molecule has 5 heteroatoms. The molecular weight excluding hydrogens is 352 g/mol. The second-order valence-electron chi connectivity index (χ2n) is 7.64. The van der Waals surface area contributed by atoms with Gasteiger partial charge in [-0.15, -0.1) is 0 Å². The lowest BCUT2D eigenvalue weighted by atomic mass is 10.1. The van der Waals surface area contributed by atoms with E-state index in [0.717, 1.165) is 42.9 Å². The number of anilines is 1. The van der Waals surface area contributed by atoms with Crippen molar-refractivity contribution in [3.8, 4) is 11.5 Å². The van der Waals surface area contributed by atoms with Crippen molar-refractivity contribution >= 4 is 11.6 Å². The van der Waals surface area contributed by atoms with Crippen molar-refractivity contribution in [3.63, 3.8) is 0 Å². The van der Waals surface area contributed by atoms with Gasteiger partial charge in [-0.1, -0.05) is 6.07 Å². The van der Waals surface area contributed by atoms with Crippen LogP contribution in [0.2, 0.25) is 0 Å². The van der Waals surface area contributed by atoms with Crippen molar-refractivity contribution in [1.29, 1.82) is 0 Å². The monoisotopic (exact) mass is 382 g/mol. The normalized spacial score (nSPS) is 16.4. The maximum atomic E-state index is 12.4. The molecule has 0 aliphatic carbocycles. The van der Waals surface area contributed by atoms with Gasteiger partial charge in [0.25, 0.3) is 5.91 Å². The van der Waals surface area contributed by atoms with E-state index < -0.39 is 6.10 Å². The number of benzene rings is 2. The van der Waals surface area contributed by atoms with Crippen LogP contribution in [0.25, 0.3) is 0 Å². The molecule has 1 aliphatic rings. The maximum absolute atomic E-state index is 12.4. The third-order valence-electron chi connectivity index (χ3n) is 5.25. The zero-order chi connectivity index (χ0) is 20.1. The lowest BCUT2D eigenvalue weighted by Gasteiger charge is -2.29. The van der Waals surface area contributed by atoms with Crippen molar-refractivity contribution in [2.75, 3.05) is 25.5 Å². The van der Waals surface area contributed by atoms with Crippen LogP contribution in [0.5, 0.6) is 11.5 Å². The molecule has 0 saturated carbocycles. The van der Waals surface area contributed by atoms with Gasteiger partial charge in [-0.05, 0) is 88.2 Å². The number of piperidine rings is 1. The molecule has 0 radical (unpaired) electrons. The molecular formula is C23H30N2O3. The molecule has 1 atom stereocenters. The summed E-state index contributed by atoms with van der Waals surface area (Å²) >= 11 is 0. The van der Waals surface area contributed by atoms with Gasteiger partial charge in [0.1, 0.15) is 17.6 Å². The van der Waals surface area contributed by atoms with Crippen LogP contribution in [0.1, 0.15) is 30.9 Å². The van der Waals surface area contributed by atoms with E-state index in [1.54, 1.807) is 6.92 Å². The molecule has 1 fully saturated rings. The van der Waals surface area contributed by atoms with E-state index in [1.165, 1.54) is 5.56 Å². The standard InChI is InChI=1S/C23H30N2O3/c1-16-5-8-22(15-17(16)2)27-18(3)23(26)24-19-6-9-20(10-7-19)28-21-11-13-25(4)14-12-21/h5-10,15,18,21H,11-14H2,1-4H3,(H,24,26)/t18-/m1/s1. The Bertz CT molecular complexity index is 796. The molecule has 150 valence electrons. The van der Waals surface area contributed by atoms with Gasteiger partial charge in [0, 0.05) is 18.8 Å². The fourth-order valence-corrected chi connectivity index (χ4v) is 3.20. The Morgan fingerprint density at radius 3 is 2.32 bits per heavy atom. The molecule has 3 rings (SSSR count). The zero-order valence-corrected chi connectivity index (χ0v) is 17.2. The average Bonchev–Trinajstić information content (AvgIpc) is 2.68. The summed E-state index contributed by atoms with van der Waals surface area (Å²) in [6.07, 6.45) is 1.77. The van der Waals surface area contributed by atoms with Crippen LogP contribution in [0.3, 0.4) is 0 Å². The molecule has 1 saturated heterocycles. The van der Waals surface area contributed by atoms with E-state index in [1.807, 2.05) is 49.4 Å². The molecule has 1 N–H and O–H groups in total. The number of nitrogens with zero attached hydrogens (tertiary/aromatic N) is 1. The Balaban J connectivity index is 1.51. The maximum Gasteiger partial charge on any atom is 0.265 e. The third-order valence-corrected chi connectivity index (χ3v) is 5.25. The topological polar surface area (TPSA) is 50.8 Å². The van der Waals surface area contributed by atoms with Crippen molar-refractivity contribution in [2.45, 2.75) is 45.8 Å². The number of hydrogen-bond donors (Lipinski definition) is 1. The number of likely N-dealkylation sites (tertiary alicyclic amines) is 1. The summed E-state index contributed by atoms with van der Waals surface area (Å²) in [6, 6.07) is 13.4. The molecule has 1 aliphatic heterocycles. The number of aryl methyl sites for hydroxylation is 2. The highest BCUT2D eigenvalue weighted by atomic mass is 16.5. The number of nitrogens with one attached hydrogen (secondary N) is 1. The molecule has 0 aromatic heterocycles. The molecule has 0 bridgehead atoms. The molecule has 1 heterocycles. The second kappa shape index (κ2) is 9.11. The first-order valence-electron chi connectivity index (χ1n) is 9.91. The van der Waals surface area contributed by atoms with Gasteiger partial charge in [0.2, 0.25) is 0 Å². The first-order chi connectivity index (χ1) is 13.4.